The molecule has 0 spiro atoms. The van der Waals surface area contributed by atoms with Gasteiger partial charge in [0.15, 0.2) is 0 Å². The average molecular weight is 282 g/mol. The molecule has 1 atom stereocenters. The molecule has 2 N–H and O–H groups in total. The first kappa shape index (κ1) is 14.0. The van der Waals surface area contributed by atoms with Crippen molar-refractivity contribution in [3.63, 3.8) is 0 Å². The largest absolute Gasteiger partial charge is 0.324 e. The van der Waals surface area contributed by atoms with Gasteiger partial charge in [0.25, 0.3) is 0 Å². The molecular formula is C14H17ClFN3. The Balaban J connectivity index is 2.11. The van der Waals surface area contributed by atoms with Crippen molar-refractivity contribution in [2.75, 3.05) is 0 Å². The van der Waals surface area contributed by atoms with Gasteiger partial charge < -0.3 is 5.73 Å². The molecule has 1 unspecified atom stereocenters. The van der Waals surface area contributed by atoms with E-state index in [0.717, 1.165) is 11.3 Å². The molecule has 0 bridgehead atoms. The van der Waals surface area contributed by atoms with Crippen molar-refractivity contribution in [1.29, 1.82) is 0 Å². The van der Waals surface area contributed by atoms with Crippen LogP contribution < -0.4 is 5.73 Å². The van der Waals surface area contributed by atoms with E-state index in [-0.39, 0.29) is 11.1 Å². The lowest BCUT2D eigenvalue weighted by Gasteiger charge is -2.11. The molecular weight excluding hydrogens is 265 g/mol. The predicted octanol–water partition coefficient (Wildman–Crippen LogP) is 3.50. The maximum absolute atomic E-state index is 13.1. The number of halogens is 2. The second-order valence-corrected chi connectivity index (χ2v) is 5.27. The van der Waals surface area contributed by atoms with E-state index >= 15 is 0 Å². The summed E-state index contributed by atoms with van der Waals surface area (Å²) in [6, 6.07) is 6.60. The third kappa shape index (κ3) is 3.33. The van der Waals surface area contributed by atoms with Crippen molar-refractivity contribution < 1.29 is 4.39 Å². The number of hydrogen-bond acceptors (Lipinski definition) is 2. The topological polar surface area (TPSA) is 43.8 Å². The number of rotatable bonds is 4. The molecule has 2 aromatic rings. The Morgan fingerprint density at radius 1 is 1.37 bits per heavy atom. The Kier molecular flexibility index (Phi) is 4.22. The minimum Gasteiger partial charge on any atom is -0.324 e. The van der Waals surface area contributed by atoms with Gasteiger partial charge in [-0.3, -0.25) is 4.68 Å². The van der Waals surface area contributed by atoms with E-state index in [1.807, 2.05) is 16.9 Å². The lowest BCUT2D eigenvalue weighted by molar-refractivity contribution is 0.522. The van der Waals surface area contributed by atoms with E-state index in [9.17, 15) is 4.39 Å². The van der Waals surface area contributed by atoms with Crippen molar-refractivity contribution in [3.8, 4) is 0 Å². The molecule has 0 aliphatic carbocycles. The molecule has 5 heteroatoms. The van der Waals surface area contributed by atoms with Gasteiger partial charge in [-0.15, -0.1) is 0 Å². The van der Waals surface area contributed by atoms with E-state index in [2.05, 4.69) is 18.9 Å². The molecule has 0 saturated heterocycles. The van der Waals surface area contributed by atoms with Gasteiger partial charge in [-0.2, -0.15) is 5.10 Å². The summed E-state index contributed by atoms with van der Waals surface area (Å²) in [6.45, 7) is 4.13. The van der Waals surface area contributed by atoms with Gasteiger partial charge in [-0.05, 0) is 37.6 Å². The highest BCUT2D eigenvalue weighted by Crippen LogP contribution is 2.21. The number of hydrogen-bond donors (Lipinski definition) is 1. The van der Waals surface area contributed by atoms with E-state index < -0.39 is 5.82 Å². The molecule has 0 radical (unpaired) electrons. The van der Waals surface area contributed by atoms with E-state index in [0.29, 0.717) is 12.5 Å². The maximum Gasteiger partial charge on any atom is 0.141 e. The third-order valence-electron chi connectivity index (χ3n) is 2.99. The highest BCUT2D eigenvalue weighted by molar-refractivity contribution is 6.30. The zero-order chi connectivity index (χ0) is 14.0. The molecule has 0 saturated carbocycles. The van der Waals surface area contributed by atoms with Crippen LogP contribution in [-0.4, -0.2) is 9.78 Å². The summed E-state index contributed by atoms with van der Waals surface area (Å²) >= 11 is 5.76. The molecule has 19 heavy (non-hydrogen) atoms. The summed E-state index contributed by atoms with van der Waals surface area (Å²) in [5.41, 5.74) is 7.83. The Morgan fingerprint density at radius 2 is 2.11 bits per heavy atom. The molecule has 1 aromatic heterocycles. The Hall–Kier alpha value is -1.39. The smallest absolute Gasteiger partial charge is 0.141 e. The summed E-state index contributed by atoms with van der Waals surface area (Å²) in [6.07, 6.45) is 2.53. The number of nitrogens with zero attached hydrogens (tertiary/aromatic N) is 2. The normalized spacial score (nSPS) is 12.9. The monoisotopic (exact) mass is 281 g/mol. The van der Waals surface area contributed by atoms with Gasteiger partial charge in [0.2, 0.25) is 0 Å². The molecule has 102 valence electrons. The fourth-order valence-electron chi connectivity index (χ4n) is 1.86. The molecule has 0 aliphatic heterocycles. The number of nitrogens with two attached hydrogens (primary N) is 1. The Morgan fingerprint density at radius 3 is 2.68 bits per heavy atom. The minimum absolute atomic E-state index is 0.0978. The highest BCUT2D eigenvalue weighted by Gasteiger charge is 2.12. The second kappa shape index (κ2) is 5.72. The first-order chi connectivity index (χ1) is 8.97. The minimum atomic E-state index is -0.429. The van der Waals surface area contributed by atoms with Gasteiger partial charge in [0.1, 0.15) is 5.82 Å². The van der Waals surface area contributed by atoms with E-state index in [1.54, 1.807) is 12.1 Å². The fourth-order valence-corrected chi connectivity index (χ4v) is 2.05. The summed E-state index contributed by atoms with van der Waals surface area (Å²) in [5, 5.41) is 4.54. The van der Waals surface area contributed by atoms with Gasteiger partial charge in [-0.1, -0.05) is 17.7 Å². The molecule has 1 aromatic carbocycles. The van der Waals surface area contributed by atoms with Crippen LogP contribution >= 0.6 is 11.6 Å². The Labute approximate surface area is 117 Å². The summed E-state index contributed by atoms with van der Waals surface area (Å²) in [5.74, 6) is -0.429. The van der Waals surface area contributed by atoms with Gasteiger partial charge >= 0.3 is 0 Å². The van der Waals surface area contributed by atoms with Crippen LogP contribution in [0.3, 0.4) is 0 Å². The van der Waals surface area contributed by atoms with Crippen LogP contribution in [0.15, 0.2) is 30.5 Å². The zero-order valence-electron chi connectivity index (χ0n) is 11.0. The Bertz CT molecular complexity index is 566. The average Bonchev–Trinajstić information content (AvgIpc) is 2.81. The van der Waals surface area contributed by atoms with Crippen LogP contribution in [0.2, 0.25) is 5.02 Å². The maximum atomic E-state index is 13.1. The molecule has 0 fully saturated rings. The predicted molar refractivity (Wildman–Crippen MR) is 74.7 cm³/mol. The van der Waals surface area contributed by atoms with E-state index in [1.165, 1.54) is 6.07 Å². The molecule has 1 heterocycles. The van der Waals surface area contributed by atoms with Crippen molar-refractivity contribution >= 4 is 11.6 Å². The molecule has 2 rings (SSSR count). The zero-order valence-corrected chi connectivity index (χ0v) is 11.7. The van der Waals surface area contributed by atoms with Crippen LogP contribution in [0, 0.1) is 5.82 Å². The van der Waals surface area contributed by atoms with Crippen LogP contribution in [-0.2, 0) is 6.42 Å². The van der Waals surface area contributed by atoms with Crippen LogP contribution in [0.5, 0.6) is 0 Å². The lowest BCUT2D eigenvalue weighted by atomic mass is 10.0. The first-order valence-electron chi connectivity index (χ1n) is 6.22. The van der Waals surface area contributed by atoms with Crippen LogP contribution in [0.4, 0.5) is 4.39 Å². The summed E-state index contributed by atoms with van der Waals surface area (Å²) < 4.78 is 15.0. The van der Waals surface area contributed by atoms with Crippen LogP contribution in [0.1, 0.15) is 37.2 Å². The lowest BCUT2D eigenvalue weighted by Crippen LogP contribution is -2.14. The summed E-state index contributed by atoms with van der Waals surface area (Å²) in [4.78, 5) is 0. The van der Waals surface area contributed by atoms with Crippen molar-refractivity contribution in [1.82, 2.24) is 9.78 Å². The molecule has 0 aliphatic rings. The highest BCUT2D eigenvalue weighted by atomic mass is 35.5. The second-order valence-electron chi connectivity index (χ2n) is 4.86. The SMILES string of the molecule is CC(C)n1ccc(CC(N)c2ccc(F)c(Cl)c2)n1. The third-order valence-corrected chi connectivity index (χ3v) is 3.28. The molecule has 3 nitrogen and oxygen atoms in total. The van der Waals surface area contributed by atoms with E-state index in [4.69, 9.17) is 17.3 Å². The van der Waals surface area contributed by atoms with Crippen LogP contribution in [0.25, 0.3) is 0 Å². The summed E-state index contributed by atoms with van der Waals surface area (Å²) in [7, 11) is 0. The van der Waals surface area contributed by atoms with Gasteiger partial charge in [0.05, 0.1) is 10.7 Å². The standard InChI is InChI=1S/C14H17ClFN3/c1-9(2)19-6-5-11(18-19)8-14(17)10-3-4-13(16)12(15)7-10/h3-7,9,14H,8,17H2,1-2H3. The molecule has 0 amide bonds. The van der Waals surface area contributed by atoms with Crippen molar-refractivity contribution in [3.05, 3.63) is 52.6 Å². The van der Waals surface area contributed by atoms with Gasteiger partial charge in [0, 0.05) is 24.7 Å². The van der Waals surface area contributed by atoms with Gasteiger partial charge in [-0.25, -0.2) is 4.39 Å². The fraction of sp³-hybridized carbons (Fsp3) is 0.357. The first-order valence-corrected chi connectivity index (χ1v) is 6.59. The number of benzene rings is 1. The quantitative estimate of drug-likeness (QED) is 0.932. The number of aromatic nitrogens is 2. The van der Waals surface area contributed by atoms with Crippen molar-refractivity contribution in [2.24, 2.45) is 5.73 Å². The van der Waals surface area contributed by atoms with Crippen molar-refractivity contribution in [2.45, 2.75) is 32.4 Å².